The number of ether oxygens (including phenoxy) is 3. The molecule has 1 aromatic carbocycles. The number of anilines is 1. The van der Waals surface area contributed by atoms with Crippen LogP contribution in [0.4, 0.5) is 5.69 Å². The molecule has 1 saturated heterocycles. The van der Waals surface area contributed by atoms with Crippen LogP contribution >= 0.6 is 24.0 Å². The molecule has 2 N–H and O–H groups in total. The van der Waals surface area contributed by atoms with Crippen LogP contribution in [0.5, 0.6) is 5.75 Å². The highest BCUT2D eigenvalue weighted by Crippen LogP contribution is 2.19. The summed E-state index contributed by atoms with van der Waals surface area (Å²) in [5.41, 5.74) is 0.998. The van der Waals surface area contributed by atoms with E-state index >= 15 is 0 Å². The van der Waals surface area contributed by atoms with Gasteiger partial charge in [0.15, 0.2) is 5.96 Å². The molecule has 1 aliphatic heterocycles. The highest BCUT2D eigenvalue weighted by molar-refractivity contribution is 14.0. The van der Waals surface area contributed by atoms with Crippen molar-refractivity contribution in [3.8, 4) is 5.75 Å². The molecule has 1 aromatic rings. The van der Waals surface area contributed by atoms with Gasteiger partial charge in [0, 0.05) is 32.5 Å². The van der Waals surface area contributed by atoms with Gasteiger partial charge in [0.05, 0.1) is 19.3 Å². The highest BCUT2D eigenvalue weighted by atomic mass is 127. The van der Waals surface area contributed by atoms with E-state index in [0.29, 0.717) is 26.4 Å². The predicted molar refractivity (Wildman–Crippen MR) is 144 cm³/mol. The third kappa shape index (κ3) is 12.8. The van der Waals surface area contributed by atoms with E-state index in [-0.39, 0.29) is 30.1 Å². The lowest BCUT2D eigenvalue weighted by molar-refractivity contribution is 0.0702. The number of rotatable bonds is 13. The standard InChI is InChI=1S/C24H42N4O3.HI/c1-20(2)31-23-8-6-22(7-9-23)27-24(25-13-5-17-30-19-18-29-4)26-14-10-21-11-15-28(3)16-12-21;/h6-9,20-21H,5,10-19H2,1-4H3,(H2,25,26,27);1H. The number of likely N-dealkylation sites (tertiary alicyclic amines) is 1. The van der Waals surface area contributed by atoms with Crippen molar-refractivity contribution in [3.63, 3.8) is 0 Å². The van der Waals surface area contributed by atoms with Crippen LogP contribution in [0.3, 0.4) is 0 Å². The largest absolute Gasteiger partial charge is 0.491 e. The molecule has 0 unspecified atom stereocenters. The van der Waals surface area contributed by atoms with Gasteiger partial charge in [-0.2, -0.15) is 0 Å². The molecule has 0 bridgehead atoms. The minimum atomic E-state index is 0. The Labute approximate surface area is 211 Å². The average Bonchev–Trinajstić information content (AvgIpc) is 2.75. The lowest BCUT2D eigenvalue weighted by Gasteiger charge is -2.29. The van der Waals surface area contributed by atoms with Gasteiger partial charge in [0.2, 0.25) is 0 Å². The second-order valence-corrected chi connectivity index (χ2v) is 8.47. The van der Waals surface area contributed by atoms with E-state index in [9.17, 15) is 0 Å². The van der Waals surface area contributed by atoms with Crippen LogP contribution in [0.2, 0.25) is 0 Å². The predicted octanol–water partition coefficient (Wildman–Crippen LogP) is 4.23. The van der Waals surface area contributed by atoms with Gasteiger partial charge in [-0.1, -0.05) is 0 Å². The van der Waals surface area contributed by atoms with Gasteiger partial charge in [-0.3, -0.25) is 4.99 Å². The Kier molecular flexibility index (Phi) is 15.7. The topological polar surface area (TPSA) is 67.4 Å². The van der Waals surface area contributed by atoms with Crippen LogP contribution in [0.15, 0.2) is 29.3 Å². The maximum absolute atomic E-state index is 5.73. The summed E-state index contributed by atoms with van der Waals surface area (Å²) in [6.45, 7) is 10.1. The molecule has 32 heavy (non-hydrogen) atoms. The van der Waals surface area contributed by atoms with Gasteiger partial charge < -0.3 is 29.7 Å². The number of methoxy groups -OCH3 is 1. The van der Waals surface area contributed by atoms with E-state index in [2.05, 4.69) is 22.6 Å². The number of hydrogen-bond acceptors (Lipinski definition) is 5. The Bertz CT molecular complexity index is 620. The first-order chi connectivity index (χ1) is 15.1. The van der Waals surface area contributed by atoms with Crippen molar-refractivity contribution in [3.05, 3.63) is 24.3 Å². The quantitative estimate of drug-likeness (QED) is 0.162. The second-order valence-electron chi connectivity index (χ2n) is 8.47. The number of guanidine groups is 1. The Morgan fingerprint density at radius 1 is 1.12 bits per heavy atom. The Morgan fingerprint density at radius 2 is 1.84 bits per heavy atom. The van der Waals surface area contributed by atoms with Gasteiger partial charge in [-0.25, -0.2) is 0 Å². The van der Waals surface area contributed by atoms with E-state index in [4.69, 9.17) is 19.2 Å². The van der Waals surface area contributed by atoms with Crippen molar-refractivity contribution in [2.24, 2.45) is 10.9 Å². The zero-order valence-corrected chi connectivity index (χ0v) is 22.6. The number of nitrogens with one attached hydrogen (secondary N) is 2. The first-order valence-corrected chi connectivity index (χ1v) is 11.6. The third-order valence-electron chi connectivity index (χ3n) is 5.32. The highest BCUT2D eigenvalue weighted by Gasteiger charge is 2.16. The number of nitrogens with zero attached hydrogens (tertiary/aromatic N) is 2. The molecule has 0 amide bonds. The second kappa shape index (κ2) is 17.4. The van der Waals surface area contributed by atoms with E-state index in [1.165, 1.54) is 32.4 Å². The van der Waals surface area contributed by atoms with E-state index in [1.54, 1.807) is 7.11 Å². The van der Waals surface area contributed by atoms with Crippen LogP contribution < -0.4 is 15.4 Å². The summed E-state index contributed by atoms with van der Waals surface area (Å²) in [6, 6.07) is 8.03. The number of hydrogen-bond donors (Lipinski definition) is 2. The average molecular weight is 563 g/mol. The van der Waals surface area contributed by atoms with Crippen molar-refractivity contribution < 1.29 is 14.2 Å². The Morgan fingerprint density at radius 3 is 2.50 bits per heavy atom. The molecule has 1 fully saturated rings. The fourth-order valence-electron chi connectivity index (χ4n) is 3.51. The normalized spacial score (nSPS) is 15.5. The Balaban J connectivity index is 0.00000512. The van der Waals surface area contributed by atoms with Gasteiger partial charge in [0.25, 0.3) is 0 Å². The minimum absolute atomic E-state index is 0. The lowest BCUT2D eigenvalue weighted by atomic mass is 9.94. The molecule has 0 aromatic heterocycles. The van der Waals surface area contributed by atoms with Gasteiger partial charge in [0.1, 0.15) is 5.75 Å². The fraction of sp³-hybridized carbons (Fsp3) is 0.708. The van der Waals surface area contributed by atoms with Gasteiger partial charge in [-0.15, -0.1) is 24.0 Å². The summed E-state index contributed by atoms with van der Waals surface area (Å²) in [6.07, 6.45) is 4.80. The summed E-state index contributed by atoms with van der Waals surface area (Å²) in [5.74, 6) is 2.50. The molecule has 1 heterocycles. The molecule has 8 heteroatoms. The molecule has 0 saturated carbocycles. The molecule has 0 spiro atoms. The number of halogens is 1. The summed E-state index contributed by atoms with van der Waals surface area (Å²) >= 11 is 0. The van der Waals surface area contributed by atoms with Gasteiger partial charge >= 0.3 is 0 Å². The first-order valence-electron chi connectivity index (χ1n) is 11.6. The summed E-state index contributed by atoms with van der Waals surface area (Å²) in [5, 5.41) is 6.95. The molecule has 7 nitrogen and oxygen atoms in total. The molecule has 0 radical (unpaired) electrons. The molecular weight excluding hydrogens is 519 g/mol. The summed E-state index contributed by atoms with van der Waals surface area (Å²) in [7, 11) is 3.89. The monoisotopic (exact) mass is 562 g/mol. The van der Waals surface area contributed by atoms with Crippen LogP contribution in [0.25, 0.3) is 0 Å². The smallest absolute Gasteiger partial charge is 0.195 e. The third-order valence-corrected chi connectivity index (χ3v) is 5.32. The van der Waals surface area contributed by atoms with Crippen molar-refractivity contribution in [1.29, 1.82) is 0 Å². The van der Waals surface area contributed by atoms with E-state index in [0.717, 1.165) is 36.3 Å². The van der Waals surface area contributed by atoms with Crippen molar-refractivity contribution >= 4 is 35.6 Å². The number of piperidine rings is 1. The van der Waals surface area contributed by atoms with Crippen molar-refractivity contribution in [1.82, 2.24) is 10.2 Å². The maximum Gasteiger partial charge on any atom is 0.195 e. The number of benzene rings is 1. The van der Waals surface area contributed by atoms with Crippen LogP contribution in [0.1, 0.15) is 39.5 Å². The van der Waals surface area contributed by atoms with Crippen LogP contribution in [-0.4, -0.2) is 77.1 Å². The van der Waals surface area contributed by atoms with Crippen LogP contribution in [-0.2, 0) is 9.47 Å². The minimum Gasteiger partial charge on any atom is -0.491 e. The van der Waals surface area contributed by atoms with Crippen molar-refractivity contribution in [2.45, 2.75) is 45.6 Å². The summed E-state index contributed by atoms with van der Waals surface area (Å²) < 4.78 is 16.3. The fourth-order valence-corrected chi connectivity index (χ4v) is 3.51. The van der Waals surface area contributed by atoms with Gasteiger partial charge in [-0.05, 0) is 89.9 Å². The SMILES string of the molecule is COCCOCCCN=C(NCCC1CCN(C)CC1)Nc1ccc(OC(C)C)cc1.I. The summed E-state index contributed by atoms with van der Waals surface area (Å²) in [4.78, 5) is 7.16. The molecule has 0 aliphatic carbocycles. The first kappa shape index (κ1) is 28.9. The van der Waals surface area contributed by atoms with E-state index in [1.807, 2.05) is 38.1 Å². The number of aliphatic imine (C=N–C) groups is 1. The molecule has 1 aliphatic rings. The molecule has 0 atom stereocenters. The Hall–Kier alpha value is -1.10. The van der Waals surface area contributed by atoms with E-state index < -0.39 is 0 Å². The van der Waals surface area contributed by atoms with Crippen molar-refractivity contribution in [2.75, 3.05) is 65.5 Å². The zero-order chi connectivity index (χ0) is 22.3. The molecule has 184 valence electrons. The molecule has 2 rings (SSSR count). The van der Waals surface area contributed by atoms with Crippen LogP contribution in [0, 0.1) is 5.92 Å². The zero-order valence-electron chi connectivity index (χ0n) is 20.3. The maximum atomic E-state index is 5.73. The lowest BCUT2D eigenvalue weighted by Crippen LogP contribution is -2.35. The molecular formula is C24H43IN4O3.